The summed E-state index contributed by atoms with van der Waals surface area (Å²) in [7, 11) is 3.49. The van der Waals surface area contributed by atoms with E-state index in [4.69, 9.17) is 27.9 Å². The van der Waals surface area contributed by atoms with E-state index >= 15 is 0 Å². The molecule has 1 unspecified atom stereocenters. The molecule has 0 radical (unpaired) electrons. The fraction of sp³-hybridized carbons (Fsp3) is 0.143. The van der Waals surface area contributed by atoms with Crippen molar-refractivity contribution in [1.29, 1.82) is 0 Å². The number of nitrogens with one attached hydrogen (secondary N) is 1. The molecule has 0 bridgehead atoms. The second kappa shape index (κ2) is 8.95. The lowest BCUT2D eigenvalue weighted by Crippen LogP contribution is -2.29. The summed E-state index contributed by atoms with van der Waals surface area (Å²) in [6.45, 7) is 0. The van der Waals surface area contributed by atoms with E-state index < -0.39 is 6.04 Å². The molecule has 28 heavy (non-hydrogen) atoms. The maximum atomic E-state index is 12.6. The van der Waals surface area contributed by atoms with E-state index in [1.807, 2.05) is 42.1 Å². The van der Waals surface area contributed by atoms with Crippen LogP contribution in [-0.4, -0.2) is 22.6 Å². The number of hydrogen-bond donors (Lipinski definition) is 1. The number of benzene rings is 2. The van der Waals surface area contributed by atoms with Crippen molar-refractivity contribution in [2.45, 2.75) is 6.04 Å². The Hall–Kier alpha value is -2.76. The molecule has 1 atom stereocenters. The minimum Gasteiger partial charge on any atom is -0.497 e. The number of methoxy groups -OCH3 is 1. The number of aromatic nitrogens is 2. The van der Waals surface area contributed by atoms with Crippen LogP contribution in [0.3, 0.4) is 0 Å². The molecular weight excluding hydrogens is 397 g/mol. The highest BCUT2D eigenvalue weighted by molar-refractivity contribution is 6.34. The van der Waals surface area contributed by atoms with E-state index in [0.717, 1.165) is 22.7 Å². The fourth-order valence-electron chi connectivity index (χ4n) is 2.78. The molecule has 7 heteroatoms. The largest absolute Gasteiger partial charge is 0.497 e. The van der Waals surface area contributed by atoms with Gasteiger partial charge in [-0.05, 0) is 47.5 Å². The molecule has 0 saturated heterocycles. The van der Waals surface area contributed by atoms with Gasteiger partial charge in [-0.25, -0.2) is 4.98 Å². The molecule has 3 rings (SSSR count). The number of hydrogen-bond acceptors (Lipinski definition) is 3. The molecule has 0 fully saturated rings. The SMILES string of the molecule is COc1ccc(C(NC(=O)/C=C/c2cc(Cl)cc(Cl)c2)c2nccn2C)cc1. The van der Waals surface area contributed by atoms with E-state index in [2.05, 4.69) is 10.3 Å². The first kappa shape index (κ1) is 20.0. The van der Waals surface area contributed by atoms with Crippen molar-refractivity contribution in [3.63, 3.8) is 0 Å². The van der Waals surface area contributed by atoms with Crippen LogP contribution in [0, 0.1) is 0 Å². The lowest BCUT2D eigenvalue weighted by Gasteiger charge is -2.18. The Morgan fingerprint density at radius 3 is 2.43 bits per heavy atom. The summed E-state index contributed by atoms with van der Waals surface area (Å²) in [4.78, 5) is 17.0. The maximum absolute atomic E-state index is 12.6. The third kappa shape index (κ3) is 4.94. The monoisotopic (exact) mass is 415 g/mol. The van der Waals surface area contributed by atoms with Crippen LogP contribution >= 0.6 is 23.2 Å². The van der Waals surface area contributed by atoms with Crippen LogP contribution in [0.1, 0.15) is 23.0 Å². The normalized spacial score (nSPS) is 12.1. The van der Waals surface area contributed by atoms with Crippen LogP contribution in [0.5, 0.6) is 5.75 Å². The Bertz CT molecular complexity index is 977. The molecule has 1 N–H and O–H groups in total. The van der Waals surface area contributed by atoms with Crippen LogP contribution < -0.4 is 10.1 Å². The number of nitrogens with zero attached hydrogens (tertiary/aromatic N) is 2. The van der Waals surface area contributed by atoms with Gasteiger partial charge in [0.05, 0.1) is 7.11 Å². The highest BCUT2D eigenvalue weighted by atomic mass is 35.5. The van der Waals surface area contributed by atoms with Gasteiger partial charge in [0.15, 0.2) is 0 Å². The van der Waals surface area contributed by atoms with Gasteiger partial charge in [0.2, 0.25) is 5.91 Å². The predicted molar refractivity (Wildman–Crippen MR) is 112 cm³/mol. The Labute approximate surface area is 173 Å². The zero-order valence-corrected chi connectivity index (χ0v) is 16.9. The van der Waals surface area contributed by atoms with Crippen LogP contribution in [0.2, 0.25) is 10.0 Å². The number of rotatable bonds is 6. The highest BCUT2D eigenvalue weighted by Gasteiger charge is 2.20. The third-order valence-electron chi connectivity index (χ3n) is 4.16. The Balaban J connectivity index is 1.83. The number of imidazole rings is 1. The lowest BCUT2D eigenvalue weighted by atomic mass is 10.1. The van der Waals surface area contributed by atoms with Crippen molar-refractivity contribution in [1.82, 2.24) is 14.9 Å². The average molecular weight is 416 g/mol. The molecule has 1 aromatic heterocycles. The summed E-state index contributed by atoms with van der Waals surface area (Å²) in [6, 6.07) is 12.2. The van der Waals surface area contributed by atoms with Gasteiger partial charge < -0.3 is 14.6 Å². The predicted octanol–water partition coefficient (Wildman–Crippen LogP) is 4.65. The third-order valence-corrected chi connectivity index (χ3v) is 4.60. The van der Waals surface area contributed by atoms with Crippen LogP contribution in [0.25, 0.3) is 6.08 Å². The van der Waals surface area contributed by atoms with Gasteiger partial charge in [0.25, 0.3) is 0 Å². The summed E-state index contributed by atoms with van der Waals surface area (Å²) in [6.07, 6.45) is 6.64. The first-order valence-electron chi connectivity index (χ1n) is 8.52. The second-order valence-corrected chi connectivity index (χ2v) is 7.02. The minimum absolute atomic E-state index is 0.264. The maximum Gasteiger partial charge on any atom is 0.244 e. The molecule has 0 aliphatic carbocycles. The van der Waals surface area contributed by atoms with Crippen LogP contribution in [0.4, 0.5) is 0 Å². The van der Waals surface area contributed by atoms with Crippen LogP contribution in [0.15, 0.2) is 60.9 Å². The van der Waals surface area contributed by atoms with E-state index in [9.17, 15) is 4.79 Å². The van der Waals surface area contributed by atoms with Crippen molar-refractivity contribution >= 4 is 35.2 Å². The molecule has 0 aliphatic rings. The summed E-state index contributed by atoms with van der Waals surface area (Å²) in [5.74, 6) is 1.20. The zero-order chi connectivity index (χ0) is 20.1. The molecular formula is C21H19Cl2N3O2. The van der Waals surface area contributed by atoms with E-state index in [0.29, 0.717) is 10.0 Å². The topological polar surface area (TPSA) is 56.1 Å². The summed E-state index contributed by atoms with van der Waals surface area (Å²) < 4.78 is 7.08. The Kier molecular flexibility index (Phi) is 6.39. The van der Waals surface area contributed by atoms with Gasteiger partial charge in [0.1, 0.15) is 17.6 Å². The molecule has 144 valence electrons. The van der Waals surface area contributed by atoms with Crippen molar-refractivity contribution in [2.24, 2.45) is 7.05 Å². The molecule has 0 saturated carbocycles. The number of aryl methyl sites for hydroxylation is 1. The number of carbonyl (C=O) groups is 1. The molecule has 2 aromatic carbocycles. The minimum atomic E-state index is -0.411. The fourth-order valence-corrected chi connectivity index (χ4v) is 3.33. The number of halogens is 2. The first-order valence-corrected chi connectivity index (χ1v) is 9.27. The van der Waals surface area contributed by atoms with Gasteiger partial charge in [-0.2, -0.15) is 0 Å². The number of amides is 1. The lowest BCUT2D eigenvalue weighted by molar-refractivity contribution is -0.117. The molecule has 1 amide bonds. The molecule has 0 aliphatic heterocycles. The Morgan fingerprint density at radius 2 is 1.86 bits per heavy atom. The standard InChI is InChI=1S/C21H19Cl2N3O2/c1-26-10-9-24-21(26)20(15-4-6-18(28-2)7-5-15)25-19(27)8-3-14-11-16(22)13-17(23)12-14/h3-13,20H,1-2H3,(H,25,27)/b8-3+. The molecule has 1 heterocycles. The smallest absolute Gasteiger partial charge is 0.244 e. The van der Waals surface area contributed by atoms with Gasteiger partial charge >= 0.3 is 0 Å². The molecule has 3 aromatic rings. The Morgan fingerprint density at radius 1 is 1.18 bits per heavy atom. The van der Waals surface area contributed by atoms with Gasteiger partial charge in [-0.1, -0.05) is 35.3 Å². The quantitative estimate of drug-likeness (QED) is 0.595. The average Bonchev–Trinajstić information content (AvgIpc) is 3.09. The number of ether oxygens (including phenoxy) is 1. The molecule has 5 nitrogen and oxygen atoms in total. The van der Waals surface area contributed by atoms with Crippen molar-refractivity contribution < 1.29 is 9.53 Å². The summed E-state index contributed by atoms with van der Waals surface area (Å²) in [5, 5.41) is 4.02. The molecule has 0 spiro atoms. The van der Waals surface area contributed by atoms with E-state index in [1.54, 1.807) is 37.6 Å². The van der Waals surface area contributed by atoms with Crippen molar-refractivity contribution in [2.75, 3.05) is 7.11 Å². The summed E-state index contributed by atoms with van der Waals surface area (Å²) in [5.41, 5.74) is 1.63. The van der Waals surface area contributed by atoms with Gasteiger partial charge in [0, 0.05) is 35.6 Å². The van der Waals surface area contributed by atoms with Crippen molar-refractivity contribution in [3.05, 3.63) is 87.9 Å². The first-order chi connectivity index (χ1) is 13.5. The van der Waals surface area contributed by atoms with Crippen LogP contribution in [-0.2, 0) is 11.8 Å². The zero-order valence-electron chi connectivity index (χ0n) is 15.4. The van der Waals surface area contributed by atoms with E-state index in [-0.39, 0.29) is 5.91 Å². The van der Waals surface area contributed by atoms with Gasteiger partial charge in [-0.15, -0.1) is 0 Å². The summed E-state index contributed by atoms with van der Waals surface area (Å²) >= 11 is 12.0. The van der Waals surface area contributed by atoms with E-state index in [1.165, 1.54) is 6.08 Å². The highest BCUT2D eigenvalue weighted by Crippen LogP contribution is 2.23. The number of carbonyl (C=O) groups excluding carboxylic acids is 1. The van der Waals surface area contributed by atoms with Crippen molar-refractivity contribution in [3.8, 4) is 5.75 Å². The second-order valence-electron chi connectivity index (χ2n) is 6.15. The van der Waals surface area contributed by atoms with Gasteiger partial charge in [-0.3, -0.25) is 4.79 Å².